The summed E-state index contributed by atoms with van der Waals surface area (Å²) < 4.78 is 13.5. The highest BCUT2D eigenvalue weighted by molar-refractivity contribution is 5.80. The molecule has 0 unspecified atom stereocenters. The minimum absolute atomic E-state index is 0.0131. The molecule has 11 heteroatoms. The van der Waals surface area contributed by atoms with Crippen molar-refractivity contribution in [3.8, 4) is 11.1 Å². The number of carbonyl (C=O) groups is 2. The number of aromatic nitrogens is 2. The van der Waals surface area contributed by atoms with E-state index in [1.54, 1.807) is 12.4 Å². The number of aliphatic hydroxyl groups is 1. The van der Waals surface area contributed by atoms with Crippen LogP contribution in [0.4, 0.5) is 5.95 Å². The van der Waals surface area contributed by atoms with Gasteiger partial charge < -0.3 is 29.9 Å². The number of aliphatic hydroxyl groups excluding tert-OH is 1. The molecule has 2 aliphatic heterocycles. The van der Waals surface area contributed by atoms with Gasteiger partial charge in [0.15, 0.2) is 6.29 Å². The molecular formula is C38H43N5O6. The van der Waals surface area contributed by atoms with Gasteiger partial charge in [0.2, 0.25) is 11.9 Å². The Morgan fingerprint density at radius 2 is 1.55 bits per heavy atom. The molecule has 4 atom stereocenters. The molecule has 11 nitrogen and oxygen atoms in total. The molecule has 2 saturated heterocycles. The van der Waals surface area contributed by atoms with E-state index in [2.05, 4.69) is 38.1 Å². The third kappa shape index (κ3) is 8.87. The van der Waals surface area contributed by atoms with Crippen molar-refractivity contribution < 1.29 is 29.3 Å². The van der Waals surface area contributed by atoms with Gasteiger partial charge in [0.25, 0.3) is 0 Å². The fourth-order valence-corrected chi connectivity index (χ4v) is 6.40. The van der Waals surface area contributed by atoms with Gasteiger partial charge in [-0.3, -0.25) is 14.5 Å². The zero-order valence-electron chi connectivity index (χ0n) is 27.6. The van der Waals surface area contributed by atoms with Gasteiger partial charge >= 0.3 is 5.97 Å². The lowest BCUT2D eigenvalue weighted by Crippen LogP contribution is -2.51. The molecule has 0 saturated carbocycles. The maximum atomic E-state index is 12.1. The van der Waals surface area contributed by atoms with Gasteiger partial charge in [0, 0.05) is 69.6 Å². The Bertz CT molecular complexity index is 1700. The third-order valence-corrected chi connectivity index (χ3v) is 9.24. The van der Waals surface area contributed by atoms with Crippen molar-refractivity contribution in [1.29, 1.82) is 0 Å². The fraction of sp³-hybridized carbons (Fsp3) is 0.368. The summed E-state index contributed by atoms with van der Waals surface area (Å²) >= 11 is 0. The van der Waals surface area contributed by atoms with Crippen LogP contribution in [0, 0.1) is 5.92 Å². The van der Waals surface area contributed by atoms with Gasteiger partial charge in [-0.05, 0) is 46.0 Å². The topological polar surface area (TPSA) is 137 Å². The van der Waals surface area contributed by atoms with Crippen LogP contribution in [0.5, 0.6) is 0 Å². The van der Waals surface area contributed by atoms with Crippen LogP contribution < -0.4 is 10.2 Å². The van der Waals surface area contributed by atoms with Crippen molar-refractivity contribution in [2.75, 3.05) is 37.6 Å². The van der Waals surface area contributed by atoms with Crippen LogP contribution in [0.15, 0.2) is 91.3 Å². The molecule has 2 fully saturated rings. The number of benzene rings is 3. The van der Waals surface area contributed by atoms with Gasteiger partial charge in [0.1, 0.15) is 0 Å². The molecule has 4 aromatic rings. The SMILES string of the molecule is C[C@@H]1[C@H](CN2CCN(c3ncccn3)CC2)O[C@H](c2cccc(-c3cccc(CNC(=O)CCC(=O)O)c3)c2)O[C@@H]1c1ccc(CO)cc1. The molecule has 2 aliphatic rings. The summed E-state index contributed by atoms with van der Waals surface area (Å²) in [4.78, 5) is 36.4. The first kappa shape index (κ1) is 34.2. The number of carboxylic acid groups (broad SMARTS) is 1. The number of amides is 1. The van der Waals surface area contributed by atoms with E-state index in [1.165, 1.54) is 0 Å². The van der Waals surface area contributed by atoms with E-state index in [9.17, 15) is 14.7 Å². The largest absolute Gasteiger partial charge is 0.481 e. The average molecular weight is 666 g/mol. The summed E-state index contributed by atoms with van der Waals surface area (Å²) in [5.74, 6) is -0.461. The standard InChI is InChI=1S/C38H43N5O6/c1-26-33(24-42-17-19-43(20-18-42)38-39-15-4-16-40-38)48-37(49-36(26)29-11-9-27(25-44)10-12-29)32-8-3-7-31(22-32)30-6-2-5-28(21-30)23-41-34(45)13-14-35(46)47/h2-12,15-16,21-22,26,33,36-37,44H,13-14,17-20,23-25H2,1H3,(H,41,45)(H,46,47)/t26-,33+,36+,37+/m1/s1. The highest BCUT2D eigenvalue weighted by Gasteiger charge is 2.39. The number of piperazine rings is 1. The lowest BCUT2D eigenvalue weighted by molar-refractivity contribution is -0.276. The van der Waals surface area contributed by atoms with Crippen molar-refractivity contribution in [3.63, 3.8) is 0 Å². The molecule has 49 heavy (non-hydrogen) atoms. The summed E-state index contributed by atoms with van der Waals surface area (Å²) in [6, 6.07) is 25.9. The third-order valence-electron chi connectivity index (χ3n) is 9.24. The number of ether oxygens (including phenoxy) is 2. The first-order valence-corrected chi connectivity index (χ1v) is 16.8. The molecule has 0 bridgehead atoms. The molecule has 0 aliphatic carbocycles. The van der Waals surface area contributed by atoms with Crippen molar-refractivity contribution in [3.05, 3.63) is 114 Å². The fourth-order valence-electron chi connectivity index (χ4n) is 6.40. The smallest absolute Gasteiger partial charge is 0.303 e. The molecule has 3 heterocycles. The summed E-state index contributed by atoms with van der Waals surface area (Å²) in [6.07, 6.45) is 2.39. The second-order valence-corrected chi connectivity index (χ2v) is 12.7. The Balaban J connectivity index is 1.18. The molecule has 256 valence electrons. The molecule has 1 aromatic heterocycles. The van der Waals surface area contributed by atoms with Gasteiger partial charge in [-0.25, -0.2) is 9.97 Å². The predicted octanol–water partition coefficient (Wildman–Crippen LogP) is 4.73. The van der Waals surface area contributed by atoms with Gasteiger partial charge in [0.05, 0.1) is 25.2 Å². The lowest BCUT2D eigenvalue weighted by atomic mass is 9.89. The Hall–Kier alpha value is -4.68. The summed E-state index contributed by atoms with van der Waals surface area (Å²) in [7, 11) is 0. The molecule has 3 aromatic carbocycles. The summed E-state index contributed by atoms with van der Waals surface area (Å²) in [5.41, 5.74) is 5.69. The van der Waals surface area contributed by atoms with E-state index < -0.39 is 12.3 Å². The van der Waals surface area contributed by atoms with Crippen molar-refractivity contribution in [1.82, 2.24) is 20.2 Å². The van der Waals surface area contributed by atoms with Crippen LogP contribution >= 0.6 is 0 Å². The first-order chi connectivity index (χ1) is 23.9. The summed E-state index contributed by atoms with van der Waals surface area (Å²) in [5, 5.41) is 21.3. The number of rotatable bonds is 12. The number of hydrogen-bond acceptors (Lipinski definition) is 9. The van der Waals surface area contributed by atoms with E-state index in [0.29, 0.717) is 6.54 Å². The van der Waals surface area contributed by atoms with E-state index in [0.717, 1.165) is 72.1 Å². The normalized spacial score (nSPS) is 21.3. The first-order valence-electron chi connectivity index (χ1n) is 16.8. The van der Waals surface area contributed by atoms with E-state index in [4.69, 9.17) is 14.6 Å². The van der Waals surface area contributed by atoms with Gasteiger partial charge in [-0.1, -0.05) is 67.6 Å². The van der Waals surface area contributed by atoms with Gasteiger partial charge in [-0.2, -0.15) is 0 Å². The zero-order chi connectivity index (χ0) is 34.2. The maximum absolute atomic E-state index is 12.1. The van der Waals surface area contributed by atoms with E-state index >= 15 is 0 Å². The molecular weight excluding hydrogens is 622 g/mol. The monoisotopic (exact) mass is 665 g/mol. The number of hydrogen-bond donors (Lipinski definition) is 3. The highest BCUT2D eigenvalue weighted by atomic mass is 16.7. The van der Waals surface area contributed by atoms with Crippen molar-refractivity contribution >= 4 is 17.8 Å². The number of nitrogens with one attached hydrogen (secondary N) is 1. The Morgan fingerprint density at radius 1 is 0.837 bits per heavy atom. The Kier molecular flexibility index (Phi) is 11.3. The average Bonchev–Trinajstić information content (AvgIpc) is 3.15. The summed E-state index contributed by atoms with van der Waals surface area (Å²) in [6.45, 7) is 6.66. The van der Waals surface area contributed by atoms with Crippen LogP contribution in [0.3, 0.4) is 0 Å². The second-order valence-electron chi connectivity index (χ2n) is 12.7. The number of carbonyl (C=O) groups excluding carboxylic acids is 1. The lowest BCUT2D eigenvalue weighted by Gasteiger charge is -2.44. The van der Waals surface area contributed by atoms with Crippen molar-refractivity contribution in [2.24, 2.45) is 5.92 Å². The molecule has 6 rings (SSSR count). The molecule has 1 amide bonds. The van der Waals surface area contributed by atoms with Crippen molar-refractivity contribution in [2.45, 2.75) is 51.4 Å². The number of carboxylic acids is 1. The second kappa shape index (κ2) is 16.1. The van der Waals surface area contributed by atoms with E-state index in [1.807, 2.05) is 72.8 Å². The number of aliphatic carboxylic acids is 1. The van der Waals surface area contributed by atoms with Crippen LogP contribution in [0.25, 0.3) is 11.1 Å². The molecule has 0 spiro atoms. The molecule has 0 radical (unpaired) electrons. The quantitative estimate of drug-likeness (QED) is 0.195. The van der Waals surface area contributed by atoms with Crippen LogP contribution in [-0.4, -0.2) is 75.8 Å². The minimum Gasteiger partial charge on any atom is -0.481 e. The van der Waals surface area contributed by atoms with Crippen LogP contribution in [0.2, 0.25) is 0 Å². The van der Waals surface area contributed by atoms with Crippen LogP contribution in [-0.2, 0) is 32.2 Å². The molecule has 3 N–H and O–H groups in total. The number of nitrogens with zero attached hydrogens (tertiary/aromatic N) is 4. The Labute approximate surface area is 286 Å². The van der Waals surface area contributed by atoms with Crippen LogP contribution in [0.1, 0.15) is 54.4 Å². The highest BCUT2D eigenvalue weighted by Crippen LogP contribution is 2.42. The predicted molar refractivity (Wildman–Crippen MR) is 184 cm³/mol. The Morgan fingerprint density at radius 3 is 2.27 bits per heavy atom. The maximum Gasteiger partial charge on any atom is 0.303 e. The zero-order valence-corrected chi connectivity index (χ0v) is 27.6. The number of anilines is 1. The van der Waals surface area contributed by atoms with Gasteiger partial charge in [-0.15, -0.1) is 0 Å². The van der Waals surface area contributed by atoms with E-state index in [-0.39, 0.29) is 43.5 Å². The minimum atomic E-state index is -0.994.